The van der Waals surface area contributed by atoms with Gasteiger partial charge in [0.1, 0.15) is 6.04 Å². The van der Waals surface area contributed by atoms with Crippen molar-refractivity contribution in [2.24, 2.45) is 0 Å². The van der Waals surface area contributed by atoms with Crippen LogP contribution in [-0.4, -0.2) is 25.7 Å². The number of aliphatic carboxylic acids is 1. The number of aromatic nitrogens is 2. The van der Waals surface area contributed by atoms with Gasteiger partial charge in [0.15, 0.2) is 0 Å². The predicted octanol–water partition coefficient (Wildman–Crippen LogP) is 0.411. The molecular formula is C8H12N2O3. The number of hydrogen-bond donors (Lipinski definition) is 2. The summed E-state index contributed by atoms with van der Waals surface area (Å²) in [5.41, 5.74) is 0.486. The molecule has 2 N–H and O–H groups in total. The summed E-state index contributed by atoms with van der Waals surface area (Å²) < 4.78 is 1.49. The van der Waals surface area contributed by atoms with Crippen molar-refractivity contribution in [2.45, 2.75) is 26.0 Å². The van der Waals surface area contributed by atoms with Gasteiger partial charge in [0.2, 0.25) is 0 Å². The normalized spacial score (nSPS) is 12.8. The van der Waals surface area contributed by atoms with Crippen LogP contribution in [0.1, 0.15) is 25.1 Å². The standard InChI is InChI=1S/C8H12N2O3/c1-2-7(8(12)13)10-3-6(4-11)9-5-10/h3,5,7,11H,2,4H2,1H3,(H,12,13). The second-order valence-corrected chi connectivity index (χ2v) is 2.73. The van der Waals surface area contributed by atoms with E-state index in [1.807, 2.05) is 0 Å². The lowest BCUT2D eigenvalue weighted by Gasteiger charge is -2.09. The van der Waals surface area contributed by atoms with E-state index < -0.39 is 12.0 Å². The largest absolute Gasteiger partial charge is 0.480 e. The summed E-state index contributed by atoms with van der Waals surface area (Å²) in [6.07, 6.45) is 3.46. The highest BCUT2D eigenvalue weighted by molar-refractivity contribution is 5.71. The molecule has 0 aromatic carbocycles. The molecule has 0 spiro atoms. The Morgan fingerprint density at radius 2 is 2.46 bits per heavy atom. The third-order valence-electron chi connectivity index (χ3n) is 1.85. The third-order valence-corrected chi connectivity index (χ3v) is 1.85. The van der Waals surface area contributed by atoms with Gasteiger partial charge in [-0.1, -0.05) is 6.92 Å². The van der Waals surface area contributed by atoms with Crippen LogP contribution in [0.4, 0.5) is 0 Å². The number of aliphatic hydroxyl groups excluding tert-OH is 1. The fourth-order valence-electron chi connectivity index (χ4n) is 1.14. The average Bonchev–Trinajstić information content (AvgIpc) is 2.53. The average molecular weight is 184 g/mol. The molecule has 5 heteroatoms. The molecule has 13 heavy (non-hydrogen) atoms. The molecule has 1 unspecified atom stereocenters. The first-order chi connectivity index (χ1) is 6.19. The number of carboxylic acids is 1. The van der Waals surface area contributed by atoms with Gasteiger partial charge in [0, 0.05) is 6.20 Å². The van der Waals surface area contributed by atoms with Gasteiger partial charge < -0.3 is 14.8 Å². The maximum Gasteiger partial charge on any atom is 0.326 e. The van der Waals surface area contributed by atoms with Gasteiger partial charge in [-0.05, 0) is 6.42 Å². The van der Waals surface area contributed by atoms with E-state index in [1.165, 1.54) is 10.9 Å². The summed E-state index contributed by atoms with van der Waals surface area (Å²) in [4.78, 5) is 14.6. The van der Waals surface area contributed by atoms with E-state index in [4.69, 9.17) is 10.2 Å². The number of carboxylic acid groups (broad SMARTS) is 1. The van der Waals surface area contributed by atoms with E-state index >= 15 is 0 Å². The molecule has 0 saturated carbocycles. The Morgan fingerprint density at radius 1 is 1.77 bits per heavy atom. The van der Waals surface area contributed by atoms with E-state index in [2.05, 4.69) is 4.98 Å². The molecule has 1 heterocycles. The van der Waals surface area contributed by atoms with Gasteiger partial charge in [-0.3, -0.25) is 0 Å². The highest BCUT2D eigenvalue weighted by Gasteiger charge is 2.16. The summed E-state index contributed by atoms with van der Waals surface area (Å²) in [7, 11) is 0. The van der Waals surface area contributed by atoms with Gasteiger partial charge >= 0.3 is 5.97 Å². The Bertz CT molecular complexity index is 295. The zero-order valence-corrected chi connectivity index (χ0v) is 7.34. The summed E-state index contributed by atoms with van der Waals surface area (Å²) in [5, 5.41) is 17.5. The highest BCUT2D eigenvalue weighted by Crippen LogP contribution is 2.11. The molecule has 1 rings (SSSR count). The molecule has 1 aromatic heterocycles. The minimum atomic E-state index is -0.885. The van der Waals surface area contributed by atoms with Crippen LogP contribution in [0.5, 0.6) is 0 Å². The van der Waals surface area contributed by atoms with Gasteiger partial charge in [-0.15, -0.1) is 0 Å². The Morgan fingerprint density at radius 3 is 2.85 bits per heavy atom. The second kappa shape index (κ2) is 4.04. The van der Waals surface area contributed by atoms with Gasteiger partial charge in [0.05, 0.1) is 18.6 Å². The lowest BCUT2D eigenvalue weighted by molar-refractivity contribution is -0.141. The molecule has 0 amide bonds. The number of hydrogen-bond acceptors (Lipinski definition) is 3. The molecule has 0 aliphatic heterocycles. The van der Waals surface area contributed by atoms with Crippen LogP contribution in [0.3, 0.4) is 0 Å². The van der Waals surface area contributed by atoms with Crippen molar-refractivity contribution in [3.63, 3.8) is 0 Å². The number of nitrogens with zero attached hydrogens (tertiary/aromatic N) is 2. The van der Waals surface area contributed by atoms with E-state index in [0.29, 0.717) is 12.1 Å². The molecule has 0 aliphatic carbocycles. The van der Waals surface area contributed by atoms with Crippen molar-refractivity contribution in [2.75, 3.05) is 0 Å². The fourth-order valence-corrected chi connectivity index (χ4v) is 1.14. The zero-order chi connectivity index (χ0) is 9.84. The van der Waals surface area contributed by atoms with Crippen LogP contribution in [0.2, 0.25) is 0 Å². The first kappa shape index (κ1) is 9.73. The predicted molar refractivity (Wildman–Crippen MR) is 45.1 cm³/mol. The first-order valence-corrected chi connectivity index (χ1v) is 4.05. The number of carbonyl (C=O) groups is 1. The topological polar surface area (TPSA) is 75.3 Å². The van der Waals surface area contributed by atoms with E-state index in [1.54, 1.807) is 13.1 Å². The van der Waals surface area contributed by atoms with Crippen LogP contribution in [0.15, 0.2) is 12.5 Å². The van der Waals surface area contributed by atoms with E-state index in [9.17, 15) is 4.79 Å². The maximum atomic E-state index is 10.7. The first-order valence-electron chi connectivity index (χ1n) is 4.05. The van der Waals surface area contributed by atoms with Crippen LogP contribution in [0, 0.1) is 0 Å². The second-order valence-electron chi connectivity index (χ2n) is 2.73. The van der Waals surface area contributed by atoms with E-state index in [0.717, 1.165) is 0 Å². The molecule has 1 atom stereocenters. The Kier molecular flexibility index (Phi) is 3.02. The molecule has 1 aromatic rings. The highest BCUT2D eigenvalue weighted by atomic mass is 16.4. The smallest absolute Gasteiger partial charge is 0.326 e. The van der Waals surface area contributed by atoms with Crippen molar-refractivity contribution in [1.82, 2.24) is 9.55 Å². The van der Waals surface area contributed by atoms with Crippen molar-refractivity contribution in [1.29, 1.82) is 0 Å². The van der Waals surface area contributed by atoms with Crippen molar-refractivity contribution in [3.8, 4) is 0 Å². The fraction of sp³-hybridized carbons (Fsp3) is 0.500. The molecule has 0 saturated heterocycles. The van der Waals surface area contributed by atoms with Crippen LogP contribution in [0.25, 0.3) is 0 Å². The van der Waals surface area contributed by atoms with E-state index in [-0.39, 0.29) is 6.61 Å². The molecule has 5 nitrogen and oxygen atoms in total. The maximum absolute atomic E-state index is 10.7. The van der Waals surface area contributed by atoms with Crippen molar-refractivity contribution in [3.05, 3.63) is 18.2 Å². The lowest BCUT2D eigenvalue weighted by Crippen LogP contribution is -2.16. The van der Waals surface area contributed by atoms with Gasteiger partial charge in [-0.2, -0.15) is 0 Å². The third kappa shape index (κ3) is 2.06. The Hall–Kier alpha value is -1.36. The summed E-state index contributed by atoms with van der Waals surface area (Å²) in [6, 6.07) is -0.590. The monoisotopic (exact) mass is 184 g/mol. The molecule has 0 aliphatic rings. The Labute approximate surface area is 75.6 Å². The van der Waals surface area contributed by atoms with Gasteiger partial charge in [0.25, 0.3) is 0 Å². The molecular weight excluding hydrogens is 172 g/mol. The quantitative estimate of drug-likeness (QED) is 0.710. The molecule has 72 valence electrons. The molecule has 0 bridgehead atoms. The van der Waals surface area contributed by atoms with Crippen molar-refractivity contribution < 1.29 is 15.0 Å². The minimum absolute atomic E-state index is 0.164. The number of aliphatic hydroxyl groups is 1. The SMILES string of the molecule is CCC(C(=O)O)n1cnc(CO)c1. The number of imidazole rings is 1. The van der Waals surface area contributed by atoms with Gasteiger partial charge in [-0.25, -0.2) is 9.78 Å². The Balaban J connectivity index is 2.85. The van der Waals surface area contributed by atoms with Crippen molar-refractivity contribution >= 4 is 5.97 Å². The zero-order valence-electron chi connectivity index (χ0n) is 7.34. The number of rotatable bonds is 4. The van der Waals surface area contributed by atoms with Crippen LogP contribution < -0.4 is 0 Å². The minimum Gasteiger partial charge on any atom is -0.480 e. The lowest BCUT2D eigenvalue weighted by atomic mass is 10.2. The summed E-state index contributed by atoms with van der Waals surface area (Å²) in [5.74, 6) is -0.885. The summed E-state index contributed by atoms with van der Waals surface area (Å²) in [6.45, 7) is 1.63. The van der Waals surface area contributed by atoms with Crippen LogP contribution >= 0.6 is 0 Å². The van der Waals surface area contributed by atoms with Crippen LogP contribution in [-0.2, 0) is 11.4 Å². The molecule has 0 radical (unpaired) electrons. The molecule has 0 fully saturated rings. The summed E-state index contributed by atoms with van der Waals surface area (Å²) >= 11 is 0.